The largest absolute Gasteiger partial charge is 0.380 e. The van der Waals surface area contributed by atoms with Gasteiger partial charge in [-0.3, -0.25) is 0 Å². The number of nitrogens with one attached hydrogen (secondary N) is 1. The van der Waals surface area contributed by atoms with Gasteiger partial charge in [0.25, 0.3) is 0 Å². The third kappa shape index (κ3) is 3.25. The lowest BCUT2D eigenvalue weighted by Crippen LogP contribution is -2.39. The third-order valence-electron chi connectivity index (χ3n) is 3.61. The van der Waals surface area contributed by atoms with E-state index in [1.165, 1.54) is 32.2 Å². The number of rotatable bonds is 7. The molecule has 0 bridgehead atoms. The molecule has 84 valence electrons. The van der Waals surface area contributed by atoms with Crippen molar-refractivity contribution in [2.24, 2.45) is 5.41 Å². The van der Waals surface area contributed by atoms with E-state index >= 15 is 0 Å². The Morgan fingerprint density at radius 2 is 2.00 bits per heavy atom. The molecule has 0 saturated heterocycles. The second-order valence-corrected chi connectivity index (χ2v) is 4.86. The molecule has 0 aliphatic heterocycles. The summed E-state index contributed by atoms with van der Waals surface area (Å²) in [6.45, 7) is 7.78. The van der Waals surface area contributed by atoms with Crippen LogP contribution in [0.2, 0.25) is 0 Å². The zero-order valence-electron chi connectivity index (χ0n) is 10.1. The quantitative estimate of drug-likeness (QED) is 0.680. The molecular formula is C12H25NO. The van der Waals surface area contributed by atoms with Crippen molar-refractivity contribution in [2.45, 2.75) is 58.6 Å². The summed E-state index contributed by atoms with van der Waals surface area (Å²) < 4.78 is 5.30. The lowest BCUT2D eigenvalue weighted by atomic mass is 10.00. The van der Waals surface area contributed by atoms with Crippen molar-refractivity contribution in [3.05, 3.63) is 0 Å². The van der Waals surface area contributed by atoms with E-state index in [9.17, 15) is 0 Å². The maximum Gasteiger partial charge on any atom is 0.0693 e. The molecule has 1 saturated carbocycles. The molecule has 0 aromatic heterocycles. The van der Waals surface area contributed by atoms with Crippen LogP contribution in [0.3, 0.4) is 0 Å². The van der Waals surface area contributed by atoms with Crippen LogP contribution in [0.5, 0.6) is 0 Å². The molecule has 0 amide bonds. The molecule has 1 rings (SSSR count). The van der Waals surface area contributed by atoms with Gasteiger partial charge >= 0.3 is 0 Å². The Labute approximate surface area is 88.4 Å². The van der Waals surface area contributed by atoms with Gasteiger partial charge in [0, 0.05) is 19.7 Å². The van der Waals surface area contributed by atoms with Crippen LogP contribution in [0, 0.1) is 5.41 Å². The van der Waals surface area contributed by atoms with Crippen LogP contribution in [-0.2, 0) is 4.74 Å². The van der Waals surface area contributed by atoms with Gasteiger partial charge in [-0.15, -0.1) is 0 Å². The Morgan fingerprint density at radius 1 is 1.36 bits per heavy atom. The van der Waals surface area contributed by atoms with Crippen molar-refractivity contribution in [3.8, 4) is 0 Å². The smallest absolute Gasteiger partial charge is 0.0693 e. The van der Waals surface area contributed by atoms with Crippen LogP contribution in [-0.4, -0.2) is 25.8 Å². The highest BCUT2D eigenvalue weighted by atomic mass is 16.5. The summed E-state index contributed by atoms with van der Waals surface area (Å²) in [6.07, 6.45) is 5.85. The SMILES string of the molecule is CCCC1(CNC(C)C(C)OC)CC1. The van der Waals surface area contributed by atoms with E-state index in [4.69, 9.17) is 4.74 Å². The van der Waals surface area contributed by atoms with Crippen molar-refractivity contribution in [2.75, 3.05) is 13.7 Å². The van der Waals surface area contributed by atoms with Crippen LogP contribution in [0.1, 0.15) is 46.5 Å². The molecule has 14 heavy (non-hydrogen) atoms. The first kappa shape index (κ1) is 12.0. The van der Waals surface area contributed by atoms with E-state index in [1.54, 1.807) is 7.11 Å². The van der Waals surface area contributed by atoms with Crippen LogP contribution in [0.15, 0.2) is 0 Å². The zero-order chi connectivity index (χ0) is 10.6. The molecule has 1 aliphatic carbocycles. The first-order valence-corrected chi connectivity index (χ1v) is 5.90. The molecule has 2 heteroatoms. The van der Waals surface area contributed by atoms with E-state index in [0.29, 0.717) is 17.6 Å². The Kier molecular flexibility index (Phi) is 4.39. The van der Waals surface area contributed by atoms with Gasteiger partial charge < -0.3 is 10.1 Å². The second kappa shape index (κ2) is 5.13. The highest BCUT2D eigenvalue weighted by Crippen LogP contribution is 2.48. The predicted molar refractivity (Wildman–Crippen MR) is 60.5 cm³/mol. The number of methoxy groups -OCH3 is 1. The van der Waals surface area contributed by atoms with E-state index < -0.39 is 0 Å². The zero-order valence-corrected chi connectivity index (χ0v) is 10.1. The first-order valence-electron chi connectivity index (χ1n) is 5.90. The van der Waals surface area contributed by atoms with Gasteiger partial charge in [-0.25, -0.2) is 0 Å². The van der Waals surface area contributed by atoms with Crippen LogP contribution in [0.25, 0.3) is 0 Å². The van der Waals surface area contributed by atoms with Gasteiger partial charge in [0.1, 0.15) is 0 Å². The highest BCUT2D eigenvalue weighted by molar-refractivity contribution is 4.95. The van der Waals surface area contributed by atoms with Gasteiger partial charge in [0.2, 0.25) is 0 Å². The fraction of sp³-hybridized carbons (Fsp3) is 1.00. The molecule has 0 aromatic rings. The van der Waals surface area contributed by atoms with Gasteiger partial charge in [0.15, 0.2) is 0 Å². The van der Waals surface area contributed by atoms with Crippen molar-refractivity contribution >= 4 is 0 Å². The summed E-state index contributed by atoms with van der Waals surface area (Å²) in [5.74, 6) is 0. The minimum atomic E-state index is 0.312. The molecule has 2 nitrogen and oxygen atoms in total. The first-order chi connectivity index (χ1) is 6.63. The average molecular weight is 199 g/mol. The molecule has 1 aliphatic rings. The van der Waals surface area contributed by atoms with Crippen LogP contribution < -0.4 is 5.32 Å². The van der Waals surface area contributed by atoms with E-state index in [-0.39, 0.29) is 0 Å². The number of hydrogen-bond acceptors (Lipinski definition) is 2. The maximum absolute atomic E-state index is 5.30. The minimum absolute atomic E-state index is 0.312. The van der Waals surface area contributed by atoms with Crippen LogP contribution >= 0.6 is 0 Å². The Morgan fingerprint density at radius 3 is 2.43 bits per heavy atom. The summed E-state index contributed by atoms with van der Waals surface area (Å²) in [6, 6.07) is 0.467. The second-order valence-electron chi connectivity index (χ2n) is 4.86. The summed E-state index contributed by atoms with van der Waals surface area (Å²) in [7, 11) is 1.78. The summed E-state index contributed by atoms with van der Waals surface area (Å²) >= 11 is 0. The molecule has 0 aromatic carbocycles. The van der Waals surface area contributed by atoms with Gasteiger partial charge in [-0.05, 0) is 38.5 Å². The summed E-state index contributed by atoms with van der Waals surface area (Å²) in [5, 5.41) is 3.60. The molecule has 2 unspecified atom stereocenters. The highest BCUT2D eigenvalue weighted by Gasteiger charge is 2.41. The Balaban J connectivity index is 2.19. The minimum Gasteiger partial charge on any atom is -0.380 e. The average Bonchev–Trinajstić information content (AvgIpc) is 2.94. The molecule has 0 heterocycles. The van der Waals surface area contributed by atoms with Gasteiger partial charge in [-0.1, -0.05) is 13.3 Å². The monoisotopic (exact) mass is 199 g/mol. The maximum atomic E-state index is 5.30. The van der Waals surface area contributed by atoms with Crippen molar-refractivity contribution < 1.29 is 4.74 Å². The molecule has 0 spiro atoms. The standard InChI is InChI=1S/C12H25NO/c1-5-6-12(7-8-12)9-13-10(2)11(3)14-4/h10-11,13H,5-9H2,1-4H3. The normalized spacial score (nSPS) is 23.1. The number of hydrogen-bond donors (Lipinski definition) is 1. The molecule has 0 radical (unpaired) electrons. The topological polar surface area (TPSA) is 21.3 Å². The lowest BCUT2D eigenvalue weighted by Gasteiger charge is -2.23. The van der Waals surface area contributed by atoms with Crippen molar-refractivity contribution in [1.82, 2.24) is 5.32 Å². The van der Waals surface area contributed by atoms with Crippen molar-refractivity contribution in [3.63, 3.8) is 0 Å². The molecule has 2 atom stereocenters. The van der Waals surface area contributed by atoms with Crippen LogP contribution in [0.4, 0.5) is 0 Å². The van der Waals surface area contributed by atoms with E-state index in [0.717, 1.165) is 0 Å². The lowest BCUT2D eigenvalue weighted by molar-refractivity contribution is 0.0865. The van der Waals surface area contributed by atoms with E-state index in [1.807, 2.05) is 0 Å². The summed E-state index contributed by atoms with van der Waals surface area (Å²) in [4.78, 5) is 0. The van der Waals surface area contributed by atoms with Gasteiger partial charge in [0.05, 0.1) is 6.10 Å². The molecule has 1 fully saturated rings. The predicted octanol–water partition coefficient (Wildman–Crippen LogP) is 2.58. The third-order valence-corrected chi connectivity index (χ3v) is 3.61. The van der Waals surface area contributed by atoms with Gasteiger partial charge in [-0.2, -0.15) is 0 Å². The molecule has 1 N–H and O–H groups in total. The van der Waals surface area contributed by atoms with E-state index in [2.05, 4.69) is 26.1 Å². The fourth-order valence-corrected chi connectivity index (χ4v) is 1.97. The summed E-state index contributed by atoms with van der Waals surface area (Å²) in [5.41, 5.74) is 0.649. The van der Waals surface area contributed by atoms with Crippen molar-refractivity contribution in [1.29, 1.82) is 0 Å². The number of ether oxygens (including phenoxy) is 1. The Hall–Kier alpha value is -0.0800. The Bertz CT molecular complexity index is 166. The fourth-order valence-electron chi connectivity index (χ4n) is 1.97. The molecular weight excluding hydrogens is 174 g/mol.